The molecule has 1 saturated heterocycles. The van der Waals surface area contributed by atoms with Crippen LogP contribution in [-0.4, -0.2) is 31.1 Å². The van der Waals surface area contributed by atoms with Crippen molar-refractivity contribution >= 4 is 0 Å². The second-order valence-electron chi connectivity index (χ2n) is 5.23. The third-order valence-corrected chi connectivity index (χ3v) is 3.65. The van der Waals surface area contributed by atoms with Gasteiger partial charge in [0.15, 0.2) is 0 Å². The molecule has 0 aromatic carbocycles. The first-order chi connectivity index (χ1) is 5.96. The lowest BCUT2D eigenvalue weighted by Gasteiger charge is -2.43. The Bertz CT molecular complexity index is 157. The molecule has 1 aliphatic heterocycles. The van der Waals surface area contributed by atoms with Crippen molar-refractivity contribution < 1.29 is 0 Å². The fraction of sp³-hybridized carbons (Fsp3) is 1.00. The molecule has 13 heavy (non-hydrogen) atoms. The first-order valence-electron chi connectivity index (χ1n) is 5.40. The maximum absolute atomic E-state index is 6.25. The molecule has 1 fully saturated rings. The van der Waals surface area contributed by atoms with Gasteiger partial charge in [0.1, 0.15) is 0 Å². The van der Waals surface area contributed by atoms with Crippen molar-refractivity contribution in [3.63, 3.8) is 0 Å². The van der Waals surface area contributed by atoms with E-state index in [1.807, 2.05) is 0 Å². The molecule has 0 saturated carbocycles. The molecule has 0 radical (unpaired) electrons. The first-order valence-corrected chi connectivity index (χ1v) is 5.40. The van der Waals surface area contributed by atoms with Crippen molar-refractivity contribution in [3.8, 4) is 0 Å². The minimum atomic E-state index is 0.362. The number of likely N-dealkylation sites (tertiary alicyclic amines) is 1. The molecule has 0 aromatic heterocycles. The van der Waals surface area contributed by atoms with Gasteiger partial charge in [-0.1, -0.05) is 20.8 Å². The van der Waals surface area contributed by atoms with Crippen LogP contribution in [0.3, 0.4) is 0 Å². The first kappa shape index (κ1) is 11.0. The summed E-state index contributed by atoms with van der Waals surface area (Å²) in [6.45, 7) is 9.22. The summed E-state index contributed by atoms with van der Waals surface area (Å²) in [5.74, 6) is 0.605. The van der Waals surface area contributed by atoms with Gasteiger partial charge in [0.25, 0.3) is 0 Å². The second kappa shape index (κ2) is 3.97. The normalized spacial score (nSPS) is 26.3. The number of hydrogen-bond acceptors (Lipinski definition) is 2. The van der Waals surface area contributed by atoms with Gasteiger partial charge in [0.2, 0.25) is 0 Å². The zero-order valence-corrected chi connectivity index (χ0v) is 9.51. The summed E-state index contributed by atoms with van der Waals surface area (Å²) in [5.41, 5.74) is 6.63. The van der Waals surface area contributed by atoms with Crippen molar-refractivity contribution in [1.29, 1.82) is 0 Å². The van der Waals surface area contributed by atoms with Crippen LogP contribution in [0.2, 0.25) is 0 Å². The third-order valence-electron chi connectivity index (χ3n) is 3.65. The summed E-state index contributed by atoms with van der Waals surface area (Å²) in [6, 6.07) is 0.362. The molecule has 0 aromatic rings. The lowest BCUT2D eigenvalue weighted by Crippen LogP contribution is -2.49. The molecular formula is C11H24N2. The quantitative estimate of drug-likeness (QED) is 0.708. The van der Waals surface area contributed by atoms with E-state index in [9.17, 15) is 0 Å². The predicted octanol–water partition coefficient (Wildman–Crippen LogP) is 1.70. The maximum atomic E-state index is 6.25. The summed E-state index contributed by atoms with van der Waals surface area (Å²) in [5, 5.41) is 0. The number of nitrogens with zero attached hydrogens (tertiary/aromatic N) is 1. The molecule has 1 rings (SSSR count). The minimum absolute atomic E-state index is 0.362. The van der Waals surface area contributed by atoms with E-state index >= 15 is 0 Å². The number of hydrogen-bond donors (Lipinski definition) is 1. The van der Waals surface area contributed by atoms with Crippen molar-refractivity contribution in [2.24, 2.45) is 17.1 Å². The van der Waals surface area contributed by atoms with Crippen LogP contribution >= 0.6 is 0 Å². The molecule has 1 heterocycles. The zero-order valence-electron chi connectivity index (χ0n) is 9.51. The fourth-order valence-electron chi connectivity index (χ4n) is 2.27. The van der Waals surface area contributed by atoms with Crippen LogP contribution in [0.1, 0.15) is 33.6 Å². The Labute approximate surface area is 82.5 Å². The van der Waals surface area contributed by atoms with Gasteiger partial charge in [-0.25, -0.2) is 0 Å². The average Bonchev–Trinajstić information content (AvgIpc) is 2.09. The van der Waals surface area contributed by atoms with E-state index in [1.165, 1.54) is 25.9 Å². The second-order valence-corrected chi connectivity index (χ2v) is 5.23. The van der Waals surface area contributed by atoms with Crippen LogP contribution in [0.15, 0.2) is 0 Å². The summed E-state index contributed by atoms with van der Waals surface area (Å²) < 4.78 is 0. The molecule has 1 atom stereocenters. The third kappa shape index (κ3) is 2.44. The van der Waals surface area contributed by atoms with E-state index in [0.717, 1.165) is 0 Å². The molecule has 0 aliphatic carbocycles. The van der Waals surface area contributed by atoms with E-state index < -0.39 is 0 Å². The summed E-state index contributed by atoms with van der Waals surface area (Å²) in [6.07, 6.45) is 2.51. The van der Waals surface area contributed by atoms with Crippen LogP contribution in [-0.2, 0) is 0 Å². The number of piperidine rings is 1. The average molecular weight is 184 g/mol. The van der Waals surface area contributed by atoms with Crippen molar-refractivity contribution in [2.45, 2.75) is 39.7 Å². The van der Waals surface area contributed by atoms with Gasteiger partial charge in [0, 0.05) is 6.04 Å². The summed E-state index contributed by atoms with van der Waals surface area (Å²) >= 11 is 0. The molecule has 2 heteroatoms. The van der Waals surface area contributed by atoms with E-state index in [-0.39, 0.29) is 0 Å². The number of rotatable bonds is 2. The van der Waals surface area contributed by atoms with E-state index in [0.29, 0.717) is 17.4 Å². The fourth-order valence-corrected chi connectivity index (χ4v) is 2.27. The lowest BCUT2D eigenvalue weighted by molar-refractivity contribution is 0.0935. The van der Waals surface area contributed by atoms with Gasteiger partial charge in [-0.3, -0.25) is 0 Å². The van der Waals surface area contributed by atoms with Crippen LogP contribution < -0.4 is 5.73 Å². The standard InChI is InChI=1S/C11H24N2/c1-9(2)10(12)11(3)5-7-13(4)8-6-11/h9-10H,5-8,12H2,1-4H3. The monoisotopic (exact) mass is 184 g/mol. The highest BCUT2D eigenvalue weighted by molar-refractivity contribution is 4.91. The zero-order chi connectivity index (χ0) is 10.1. The molecule has 1 unspecified atom stereocenters. The Kier molecular flexibility index (Phi) is 3.36. The van der Waals surface area contributed by atoms with Gasteiger partial charge >= 0.3 is 0 Å². The van der Waals surface area contributed by atoms with Crippen molar-refractivity contribution in [2.75, 3.05) is 20.1 Å². The van der Waals surface area contributed by atoms with Crippen LogP contribution in [0, 0.1) is 11.3 Å². The van der Waals surface area contributed by atoms with Gasteiger partial charge < -0.3 is 10.6 Å². The van der Waals surface area contributed by atoms with Crippen LogP contribution in [0.4, 0.5) is 0 Å². The van der Waals surface area contributed by atoms with Crippen molar-refractivity contribution in [1.82, 2.24) is 4.90 Å². The molecule has 1 aliphatic rings. The highest BCUT2D eigenvalue weighted by Gasteiger charge is 2.35. The van der Waals surface area contributed by atoms with Crippen LogP contribution in [0.5, 0.6) is 0 Å². The molecule has 2 nitrogen and oxygen atoms in total. The van der Waals surface area contributed by atoms with E-state index in [4.69, 9.17) is 5.73 Å². The van der Waals surface area contributed by atoms with E-state index in [2.05, 4.69) is 32.7 Å². The smallest absolute Gasteiger partial charge is 0.0117 e. The SMILES string of the molecule is CC(C)C(N)C1(C)CCN(C)CC1. The molecule has 0 spiro atoms. The largest absolute Gasteiger partial charge is 0.327 e. The maximum Gasteiger partial charge on any atom is 0.0117 e. The Morgan fingerprint density at radius 3 is 2.08 bits per heavy atom. The van der Waals surface area contributed by atoms with E-state index in [1.54, 1.807) is 0 Å². The molecule has 0 amide bonds. The highest BCUT2D eigenvalue weighted by Crippen LogP contribution is 2.35. The Hall–Kier alpha value is -0.0800. The van der Waals surface area contributed by atoms with Gasteiger partial charge in [-0.15, -0.1) is 0 Å². The highest BCUT2D eigenvalue weighted by atomic mass is 15.1. The molecule has 78 valence electrons. The minimum Gasteiger partial charge on any atom is -0.327 e. The van der Waals surface area contributed by atoms with Gasteiger partial charge in [0.05, 0.1) is 0 Å². The predicted molar refractivity (Wildman–Crippen MR) is 57.7 cm³/mol. The number of nitrogens with two attached hydrogens (primary N) is 1. The van der Waals surface area contributed by atoms with Gasteiger partial charge in [-0.2, -0.15) is 0 Å². The molecule has 2 N–H and O–H groups in total. The topological polar surface area (TPSA) is 29.3 Å². The summed E-state index contributed by atoms with van der Waals surface area (Å²) in [4.78, 5) is 2.40. The van der Waals surface area contributed by atoms with Crippen molar-refractivity contribution in [3.05, 3.63) is 0 Å². The van der Waals surface area contributed by atoms with Crippen LogP contribution in [0.25, 0.3) is 0 Å². The van der Waals surface area contributed by atoms with Gasteiger partial charge in [-0.05, 0) is 44.3 Å². The summed E-state index contributed by atoms with van der Waals surface area (Å²) in [7, 11) is 2.19. The molecule has 0 bridgehead atoms. The Morgan fingerprint density at radius 1 is 1.23 bits per heavy atom. The molecular weight excluding hydrogens is 160 g/mol. The Morgan fingerprint density at radius 2 is 1.69 bits per heavy atom. The lowest BCUT2D eigenvalue weighted by atomic mass is 9.71. The Balaban J connectivity index is 2.56.